The van der Waals surface area contributed by atoms with Gasteiger partial charge in [0.25, 0.3) is 11.8 Å². The summed E-state index contributed by atoms with van der Waals surface area (Å²) in [6.45, 7) is -0.311. The number of carbonyl (C=O) groups is 2. The second-order valence-electron chi connectivity index (χ2n) is 9.02. The Morgan fingerprint density at radius 3 is 2.53 bits per heavy atom. The van der Waals surface area contributed by atoms with E-state index in [9.17, 15) is 14.0 Å². The van der Waals surface area contributed by atoms with E-state index in [0.29, 0.717) is 22.8 Å². The third-order valence-electron chi connectivity index (χ3n) is 6.47. The molecule has 1 aliphatic carbocycles. The van der Waals surface area contributed by atoms with Gasteiger partial charge in [0.2, 0.25) is 5.82 Å². The van der Waals surface area contributed by atoms with Crippen LogP contribution in [0.1, 0.15) is 37.5 Å². The Morgan fingerprint density at radius 2 is 1.87 bits per heavy atom. The molecule has 2 aromatic heterocycles. The van der Waals surface area contributed by atoms with Crippen molar-refractivity contribution in [3.05, 3.63) is 78.5 Å². The summed E-state index contributed by atoms with van der Waals surface area (Å²) in [5.74, 6) is -0.0495. The lowest BCUT2D eigenvalue weighted by Crippen LogP contribution is -2.47. The number of hydrogen-bond donors (Lipinski definition) is 1. The minimum atomic E-state index is -1.12. The van der Waals surface area contributed by atoms with E-state index >= 15 is 0 Å². The largest absolute Gasteiger partial charge is 0.497 e. The third kappa shape index (κ3) is 5.56. The standard InChI is InChI=1S/C27H27FN6O4/c1-37-22-14-8-18(9-15-22)26-30-32-33(31-26)17-24(35)34(21-12-10-19(28)11-13-21)25(23-7-4-16-38-23)27(36)29-20-5-2-3-6-20/h4,7-16,20,25H,2-3,5-6,17H2,1H3,(H,29,36)/t25-/m0/s1. The first-order valence-corrected chi connectivity index (χ1v) is 12.4. The van der Waals surface area contributed by atoms with Gasteiger partial charge in [-0.05, 0) is 78.7 Å². The molecule has 2 amide bonds. The summed E-state index contributed by atoms with van der Waals surface area (Å²) < 4.78 is 24.5. The Kier molecular flexibility index (Phi) is 7.43. The van der Waals surface area contributed by atoms with E-state index in [-0.39, 0.29) is 24.3 Å². The van der Waals surface area contributed by atoms with Crippen LogP contribution >= 0.6 is 0 Å². The zero-order valence-electron chi connectivity index (χ0n) is 20.8. The van der Waals surface area contributed by atoms with Crippen LogP contribution in [0.3, 0.4) is 0 Å². The molecule has 2 aromatic carbocycles. The Balaban J connectivity index is 1.45. The van der Waals surface area contributed by atoms with Gasteiger partial charge in [-0.25, -0.2) is 4.39 Å². The first-order valence-electron chi connectivity index (χ1n) is 12.4. The first-order chi connectivity index (χ1) is 18.5. The minimum absolute atomic E-state index is 0.0224. The normalized spacial score (nSPS) is 14.3. The summed E-state index contributed by atoms with van der Waals surface area (Å²) in [5.41, 5.74) is 1.03. The zero-order chi connectivity index (χ0) is 26.5. The fourth-order valence-corrected chi connectivity index (χ4v) is 4.57. The molecule has 0 saturated heterocycles. The van der Waals surface area contributed by atoms with Crippen molar-refractivity contribution < 1.29 is 23.1 Å². The summed E-state index contributed by atoms with van der Waals surface area (Å²) in [6.07, 6.45) is 5.26. The van der Waals surface area contributed by atoms with Gasteiger partial charge < -0.3 is 14.5 Å². The van der Waals surface area contributed by atoms with Gasteiger partial charge in [0.15, 0.2) is 6.04 Å². The summed E-state index contributed by atoms with van der Waals surface area (Å²) in [7, 11) is 1.58. The number of methoxy groups -OCH3 is 1. The van der Waals surface area contributed by atoms with Gasteiger partial charge in [0.1, 0.15) is 23.9 Å². The van der Waals surface area contributed by atoms with Crippen molar-refractivity contribution in [1.82, 2.24) is 25.5 Å². The average molecular weight is 519 g/mol. The number of anilines is 1. The van der Waals surface area contributed by atoms with Gasteiger partial charge in [-0.1, -0.05) is 12.8 Å². The van der Waals surface area contributed by atoms with Crippen molar-refractivity contribution in [1.29, 1.82) is 0 Å². The second-order valence-corrected chi connectivity index (χ2v) is 9.02. The SMILES string of the molecule is COc1ccc(-c2nnn(CC(=O)N(c3ccc(F)cc3)[C@H](C(=O)NC3CCCC3)c3ccco3)n2)cc1. The Morgan fingerprint density at radius 1 is 1.13 bits per heavy atom. The van der Waals surface area contributed by atoms with Crippen LogP contribution in [-0.4, -0.2) is 45.2 Å². The summed E-state index contributed by atoms with van der Waals surface area (Å²) >= 11 is 0. The van der Waals surface area contributed by atoms with Gasteiger partial charge in [-0.15, -0.1) is 10.2 Å². The van der Waals surface area contributed by atoms with E-state index < -0.39 is 17.8 Å². The van der Waals surface area contributed by atoms with Crippen LogP contribution in [0, 0.1) is 5.82 Å². The highest BCUT2D eigenvalue weighted by Gasteiger charge is 2.36. The maximum atomic E-state index is 13.8. The molecule has 38 heavy (non-hydrogen) atoms. The third-order valence-corrected chi connectivity index (χ3v) is 6.47. The number of ether oxygens (including phenoxy) is 1. The highest BCUT2D eigenvalue weighted by molar-refractivity contribution is 6.01. The summed E-state index contributed by atoms with van der Waals surface area (Å²) in [4.78, 5) is 29.8. The zero-order valence-corrected chi connectivity index (χ0v) is 20.8. The fraction of sp³-hybridized carbons (Fsp3) is 0.296. The molecule has 4 aromatic rings. The number of tetrazole rings is 1. The number of nitrogens with one attached hydrogen (secondary N) is 1. The number of furan rings is 1. The number of nitrogens with zero attached hydrogens (tertiary/aromatic N) is 5. The molecule has 1 atom stereocenters. The van der Waals surface area contributed by atoms with Crippen LogP contribution in [0.5, 0.6) is 5.75 Å². The number of rotatable bonds is 9. The average Bonchev–Trinajstić information content (AvgIpc) is 3.72. The first kappa shape index (κ1) is 25.1. The minimum Gasteiger partial charge on any atom is -0.497 e. The van der Waals surface area contributed by atoms with E-state index in [4.69, 9.17) is 9.15 Å². The molecule has 196 valence electrons. The van der Waals surface area contributed by atoms with Crippen molar-refractivity contribution in [3.8, 4) is 17.1 Å². The summed E-state index contributed by atoms with van der Waals surface area (Å²) in [6, 6.07) is 14.7. The monoisotopic (exact) mass is 518 g/mol. The van der Waals surface area contributed by atoms with Gasteiger partial charge in [-0.3, -0.25) is 14.5 Å². The van der Waals surface area contributed by atoms with E-state index in [0.717, 1.165) is 30.5 Å². The number of aromatic nitrogens is 4. The van der Waals surface area contributed by atoms with Gasteiger partial charge >= 0.3 is 0 Å². The smallest absolute Gasteiger partial charge is 0.251 e. The molecular weight excluding hydrogens is 491 g/mol. The van der Waals surface area contributed by atoms with Crippen molar-refractivity contribution >= 4 is 17.5 Å². The maximum absolute atomic E-state index is 13.8. The number of benzene rings is 2. The molecule has 2 heterocycles. The van der Waals surface area contributed by atoms with E-state index in [1.54, 1.807) is 43.5 Å². The van der Waals surface area contributed by atoms with E-state index in [2.05, 4.69) is 20.7 Å². The van der Waals surface area contributed by atoms with Crippen molar-refractivity contribution in [2.75, 3.05) is 12.0 Å². The Hall–Kier alpha value is -4.54. The topological polar surface area (TPSA) is 115 Å². The molecule has 1 N–H and O–H groups in total. The number of carbonyl (C=O) groups excluding carboxylic acids is 2. The lowest BCUT2D eigenvalue weighted by molar-refractivity contribution is -0.128. The predicted octanol–water partition coefficient (Wildman–Crippen LogP) is 3.91. The van der Waals surface area contributed by atoms with Gasteiger partial charge in [-0.2, -0.15) is 4.80 Å². The highest BCUT2D eigenvalue weighted by atomic mass is 19.1. The number of halogens is 1. The highest BCUT2D eigenvalue weighted by Crippen LogP contribution is 2.30. The molecule has 0 spiro atoms. The lowest BCUT2D eigenvalue weighted by atomic mass is 10.1. The van der Waals surface area contributed by atoms with Crippen molar-refractivity contribution in [2.45, 2.75) is 44.3 Å². The molecular formula is C27H27FN6O4. The predicted molar refractivity (Wildman–Crippen MR) is 136 cm³/mol. The van der Waals surface area contributed by atoms with E-state index in [1.807, 2.05) is 0 Å². The summed E-state index contributed by atoms with van der Waals surface area (Å²) in [5, 5.41) is 15.5. The van der Waals surface area contributed by atoms with Crippen LogP contribution < -0.4 is 15.0 Å². The van der Waals surface area contributed by atoms with Crippen LogP contribution in [0.4, 0.5) is 10.1 Å². The molecule has 0 radical (unpaired) electrons. The molecule has 5 rings (SSSR count). The molecule has 0 unspecified atom stereocenters. The number of hydrogen-bond acceptors (Lipinski definition) is 7. The molecule has 11 heteroatoms. The van der Waals surface area contributed by atoms with Crippen LogP contribution in [0.15, 0.2) is 71.3 Å². The van der Waals surface area contributed by atoms with Crippen molar-refractivity contribution in [2.24, 2.45) is 0 Å². The lowest BCUT2D eigenvalue weighted by Gasteiger charge is -2.30. The molecule has 1 fully saturated rings. The molecule has 1 saturated carbocycles. The molecule has 0 aliphatic heterocycles. The Bertz CT molecular complexity index is 1370. The molecule has 1 aliphatic rings. The number of amides is 2. The van der Waals surface area contributed by atoms with E-state index in [1.165, 1.54) is 35.4 Å². The molecule has 10 nitrogen and oxygen atoms in total. The Labute approximate surface area is 218 Å². The van der Waals surface area contributed by atoms with Crippen LogP contribution in [0.25, 0.3) is 11.4 Å². The van der Waals surface area contributed by atoms with Crippen LogP contribution in [0.2, 0.25) is 0 Å². The maximum Gasteiger partial charge on any atom is 0.251 e. The van der Waals surface area contributed by atoms with Crippen LogP contribution in [-0.2, 0) is 16.1 Å². The van der Waals surface area contributed by atoms with Gasteiger partial charge in [0.05, 0.1) is 13.4 Å². The van der Waals surface area contributed by atoms with Crippen molar-refractivity contribution in [3.63, 3.8) is 0 Å². The second kappa shape index (κ2) is 11.2. The van der Waals surface area contributed by atoms with Gasteiger partial charge in [0, 0.05) is 17.3 Å². The quantitative estimate of drug-likeness (QED) is 0.357. The molecule has 0 bridgehead atoms. The fourth-order valence-electron chi connectivity index (χ4n) is 4.57.